The van der Waals surface area contributed by atoms with Crippen LogP contribution in [-0.4, -0.2) is 58.0 Å². The Bertz CT molecular complexity index is 1190. The van der Waals surface area contributed by atoms with Crippen molar-refractivity contribution in [2.45, 2.75) is 13.1 Å². The number of nitrogens with one attached hydrogen (secondary N) is 2. The molecule has 2 N–H and O–H groups in total. The first-order chi connectivity index (χ1) is 15.6. The highest BCUT2D eigenvalue weighted by Crippen LogP contribution is 2.24. The van der Waals surface area contributed by atoms with Crippen molar-refractivity contribution in [1.82, 2.24) is 24.8 Å². The highest BCUT2D eigenvalue weighted by atomic mass is 35.5. The van der Waals surface area contributed by atoms with Crippen LogP contribution in [0.15, 0.2) is 60.8 Å². The van der Waals surface area contributed by atoms with Crippen LogP contribution < -0.4 is 5.32 Å². The van der Waals surface area contributed by atoms with Crippen molar-refractivity contribution >= 4 is 28.6 Å². The minimum atomic E-state index is 0.591. The van der Waals surface area contributed by atoms with Gasteiger partial charge in [0.1, 0.15) is 5.65 Å². The van der Waals surface area contributed by atoms with Crippen LogP contribution in [0.1, 0.15) is 11.1 Å². The Morgan fingerprint density at radius 3 is 2.59 bits per heavy atom. The molecule has 0 unspecified atom stereocenters. The number of hydrogen-bond donors (Lipinski definition) is 2. The molecule has 1 aliphatic rings. The summed E-state index contributed by atoms with van der Waals surface area (Å²) in [6.07, 6.45) is 1.85. The van der Waals surface area contributed by atoms with Crippen LogP contribution in [0.3, 0.4) is 0 Å². The third kappa shape index (κ3) is 4.93. The summed E-state index contributed by atoms with van der Waals surface area (Å²) < 4.78 is 0. The van der Waals surface area contributed by atoms with Gasteiger partial charge in [-0.2, -0.15) is 4.98 Å². The molecule has 0 radical (unpaired) electrons. The largest absolute Gasteiger partial charge is 0.350 e. The van der Waals surface area contributed by atoms with E-state index in [2.05, 4.69) is 67.4 Å². The zero-order chi connectivity index (χ0) is 21.9. The van der Waals surface area contributed by atoms with Gasteiger partial charge in [0, 0.05) is 61.6 Å². The van der Waals surface area contributed by atoms with E-state index in [4.69, 9.17) is 11.6 Å². The minimum Gasteiger partial charge on any atom is -0.350 e. The molecule has 7 heteroatoms. The molecule has 0 saturated carbocycles. The molecule has 1 aliphatic heterocycles. The molecule has 1 saturated heterocycles. The van der Waals surface area contributed by atoms with E-state index in [1.54, 1.807) is 0 Å². The number of aromatic nitrogens is 3. The predicted molar refractivity (Wildman–Crippen MR) is 131 cm³/mol. The van der Waals surface area contributed by atoms with E-state index in [0.717, 1.165) is 65.6 Å². The molecule has 2 aromatic heterocycles. The third-order valence-corrected chi connectivity index (χ3v) is 6.21. The maximum Gasteiger partial charge on any atom is 0.224 e. The number of aromatic amines is 1. The van der Waals surface area contributed by atoms with Crippen LogP contribution in [-0.2, 0) is 13.1 Å². The summed E-state index contributed by atoms with van der Waals surface area (Å²) in [7, 11) is 2.19. The molecule has 32 heavy (non-hydrogen) atoms. The average molecular weight is 447 g/mol. The molecule has 4 aromatic rings. The average Bonchev–Trinajstić information content (AvgIpc) is 3.23. The fraction of sp³-hybridized carbons (Fsp3) is 0.280. The van der Waals surface area contributed by atoms with Gasteiger partial charge in [0.2, 0.25) is 5.95 Å². The quantitative estimate of drug-likeness (QED) is 0.452. The first-order valence-corrected chi connectivity index (χ1v) is 11.3. The van der Waals surface area contributed by atoms with Gasteiger partial charge in [0.15, 0.2) is 0 Å². The summed E-state index contributed by atoms with van der Waals surface area (Å²) in [4.78, 5) is 17.4. The van der Waals surface area contributed by atoms with Gasteiger partial charge in [-0.15, -0.1) is 0 Å². The van der Waals surface area contributed by atoms with Crippen LogP contribution in [0.4, 0.5) is 5.95 Å². The Kier molecular flexibility index (Phi) is 6.08. The van der Waals surface area contributed by atoms with Gasteiger partial charge in [0.05, 0.1) is 0 Å². The van der Waals surface area contributed by atoms with Crippen molar-refractivity contribution in [2.75, 3.05) is 38.5 Å². The molecule has 5 rings (SSSR count). The molecule has 0 bridgehead atoms. The second kappa shape index (κ2) is 9.28. The lowest BCUT2D eigenvalue weighted by molar-refractivity contribution is 0.148. The first-order valence-electron chi connectivity index (χ1n) is 11.0. The zero-order valence-corrected chi connectivity index (χ0v) is 18.9. The molecule has 0 spiro atoms. The van der Waals surface area contributed by atoms with Crippen molar-refractivity contribution in [3.63, 3.8) is 0 Å². The molecule has 0 atom stereocenters. The number of likely N-dealkylation sites (N-methyl/N-ethyl adjacent to an activating group) is 1. The van der Waals surface area contributed by atoms with E-state index in [1.165, 1.54) is 5.56 Å². The van der Waals surface area contributed by atoms with Crippen LogP contribution in [0, 0.1) is 0 Å². The summed E-state index contributed by atoms with van der Waals surface area (Å²) in [5, 5.41) is 4.99. The topological polar surface area (TPSA) is 60.1 Å². The Labute approximate surface area is 193 Å². The molecular formula is C25H27ClN6. The van der Waals surface area contributed by atoms with Gasteiger partial charge in [-0.1, -0.05) is 48.0 Å². The summed E-state index contributed by atoms with van der Waals surface area (Å²) in [6, 6.07) is 18.7. The van der Waals surface area contributed by atoms with Crippen LogP contribution >= 0.6 is 11.6 Å². The Morgan fingerprint density at radius 2 is 1.81 bits per heavy atom. The van der Waals surface area contributed by atoms with Crippen LogP contribution in [0.25, 0.3) is 22.3 Å². The standard InChI is InChI=1S/C25H27ClN6/c1-31-9-11-32(12-10-31)17-18-5-7-20(8-6-18)23-14-21-16-28-25(30-24(21)29-23)27-15-19-3-2-4-22(26)13-19/h2-8,13-14,16H,9-12,15,17H2,1H3,(H2,27,28,29,30). The number of piperazine rings is 1. The maximum atomic E-state index is 6.06. The number of hydrogen-bond acceptors (Lipinski definition) is 5. The van der Waals surface area contributed by atoms with Crippen molar-refractivity contribution in [2.24, 2.45) is 0 Å². The van der Waals surface area contributed by atoms with E-state index in [-0.39, 0.29) is 0 Å². The first kappa shape index (κ1) is 20.9. The van der Waals surface area contributed by atoms with Crippen LogP contribution in [0.2, 0.25) is 5.02 Å². The Morgan fingerprint density at radius 1 is 1.00 bits per heavy atom. The molecule has 0 amide bonds. The summed E-state index contributed by atoms with van der Waals surface area (Å²) in [5.41, 5.74) is 5.46. The predicted octanol–water partition coefficient (Wildman–Crippen LogP) is 4.64. The van der Waals surface area contributed by atoms with E-state index in [9.17, 15) is 0 Å². The number of rotatable bonds is 6. The highest BCUT2D eigenvalue weighted by Gasteiger charge is 2.14. The SMILES string of the molecule is CN1CCN(Cc2ccc(-c3cc4cnc(NCc5cccc(Cl)c5)nc4[nH]3)cc2)CC1. The lowest BCUT2D eigenvalue weighted by Crippen LogP contribution is -2.43. The van der Waals surface area contributed by atoms with Crippen molar-refractivity contribution in [1.29, 1.82) is 0 Å². The third-order valence-electron chi connectivity index (χ3n) is 5.98. The van der Waals surface area contributed by atoms with Gasteiger partial charge in [-0.05, 0) is 41.9 Å². The maximum absolute atomic E-state index is 6.06. The smallest absolute Gasteiger partial charge is 0.224 e. The number of benzene rings is 2. The Hall–Kier alpha value is -2.93. The molecule has 6 nitrogen and oxygen atoms in total. The van der Waals surface area contributed by atoms with Gasteiger partial charge < -0.3 is 15.2 Å². The summed E-state index contributed by atoms with van der Waals surface area (Å²) in [6.45, 7) is 6.18. The van der Waals surface area contributed by atoms with E-state index in [0.29, 0.717) is 12.5 Å². The molecule has 3 heterocycles. The summed E-state index contributed by atoms with van der Waals surface area (Å²) >= 11 is 6.06. The van der Waals surface area contributed by atoms with Gasteiger partial charge in [0.25, 0.3) is 0 Å². The van der Waals surface area contributed by atoms with Crippen molar-refractivity contribution in [3.05, 3.63) is 76.9 Å². The second-order valence-electron chi connectivity index (χ2n) is 8.44. The van der Waals surface area contributed by atoms with Crippen molar-refractivity contribution < 1.29 is 0 Å². The molecule has 2 aromatic carbocycles. The minimum absolute atomic E-state index is 0.591. The lowest BCUT2D eigenvalue weighted by atomic mass is 10.1. The molecular weight excluding hydrogens is 420 g/mol. The fourth-order valence-corrected chi connectivity index (χ4v) is 4.25. The van der Waals surface area contributed by atoms with Crippen molar-refractivity contribution in [3.8, 4) is 11.3 Å². The van der Waals surface area contributed by atoms with E-state index < -0.39 is 0 Å². The highest BCUT2D eigenvalue weighted by molar-refractivity contribution is 6.30. The molecule has 0 aliphatic carbocycles. The van der Waals surface area contributed by atoms with Crippen LogP contribution in [0.5, 0.6) is 0 Å². The van der Waals surface area contributed by atoms with E-state index >= 15 is 0 Å². The van der Waals surface area contributed by atoms with Gasteiger partial charge in [-0.3, -0.25) is 4.90 Å². The number of anilines is 1. The second-order valence-corrected chi connectivity index (χ2v) is 8.88. The molecule has 164 valence electrons. The van der Waals surface area contributed by atoms with E-state index in [1.807, 2.05) is 30.5 Å². The lowest BCUT2D eigenvalue weighted by Gasteiger charge is -2.32. The van der Waals surface area contributed by atoms with Gasteiger partial charge in [-0.25, -0.2) is 4.98 Å². The number of nitrogens with zero attached hydrogens (tertiary/aromatic N) is 4. The molecule has 1 fully saturated rings. The number of fused-ring (bicyclic) bond motifs is 1. The number of halogens is 1. The number of H-pyrrole nitrogens is 1. The normalized spacial score (nSPS) is 15.3. The Balaban J connectivity index is 1.26. The monoisotopic (exact) mass is 446 g/mol. The fourth-order valence-electron chi connectivity index (χ4n) is 4.04. The van der Waals surface area contributed by atoms with Gasteiger partial charge >= 0.3 is 0 Å². The summed E-state index contributed by atoms with van der Waals surface area (Å²) in [5.74, 6) is 0.591. The zero-order valence-electron chi connectivity index (χ0n) is 18.2.